The van der Waals surface area contributed by atoms with Crippen LogP contribution in [0.1, 0.15) is 51.1 Å². The third-order valence-electron chi connectivity index (χ3n) is 4.94. The van der Waals surface area contributed by atoms with Crippen molar-refractivity contribution in [1.82, 2.24) is 9.55 Å². The molecule has 0 atom stereocenters. The average molecular weight is 395 g/mol. The second kappa shape index (κ2) is 8.68. The number of fused-ring (bicyclic) bond motifs is 1. The number of aromatic nitrogens is 2. The van der Waals surface area contributed by atoms with Gasteiger partial charge in [-0.2, -0.15) is 0 Å². The van der Waals surface area contributed by atoms with Gasteiger partial charge in [0.15, 0.2) is 5.60 Å². The second-order valence-corrected chi connectivity index (χ2v) is 7.78. The molecule has 0 aliphatic carbocycles. The Bertz CT molecular complexity index is 987. The molecule has 0 N–H and O–H groups in total. The van der Waals surface area contributed by atoms with Crippen molar-refractivity contribution < 1.29 is 14.3 Å². The van der Waals surface area contributed by atoms with Crippen molar-refractivity contribution in [3.05, 3.63) is 59.4 Å². The fraction of sp³-hybridized carbons (Fsp3) is 0.417. The van der Waals surface area contributed by atoms with Crippen molar-refractivity contribution >= 4 is 17.0 Å². The summed E-state index contributed by atoms with van der Waals surface area (Å²) in [4.78, 5) is 16.9. The van der Waals surface area contributed by atoms with E-state index in [4.69, 9.17) is 14.5 Å². The normalized spacial score (nSPS) is 11.6. The van der Waals surface area contributed by atoms with Crippen LogP contribution in [0.4, 0.5) is 0 Å². The summed E-state index contributed by atoms with van der Waals surface area (Å²) in [6.07, 6.45) is 2.00. The Morgan fingerprint density at radius 2 is 1.83 bits per heavy atom. The van der Waals surface area contributed by atoms with Crippen LogP contribution in [0.15, 0.2) is 42.5 Å². The summed E-state index contributed by atoms with van der Waals surface area (Å²) < 4.78 is 13.2. The van der Waals surface area contributed by atoms with E-state index in [9.17, 15) is 4.79 Å². The van der Waals surface area contributed by atoms with E-state index in [1.165, 1.54) is 5.56 Å². The Kier molecular flexibility index (Phi) is 6.26. The number of imidazole rings is 1. The lowest BCUT2D eigenvalue weighted by molar-refractivity contribution is -0.158. The van der Waals surface area contributed by atoms with Gasteiger partial charge in [-0.05, 0) is 63.4 Å². The minimum absolute atomic E-state index is 0.336. The molecule has 0 bridgehead atoms. The molecule has 0 saturated carbocycles. The molecular weight excluding hydrogens is 364 g/mol. The molecule has 0 radical (unpaired) electrons. The first-order valence-electron chi connectivity index (χ1n) is 10.3. The molecule has 0 saturated heterocycles. The van der Waals surface area contributed by atoms with Crippen LogP contribution in [0.3, 0.4) is 0 Å². The smallest absolute Gasteiger partial charge is 0.349 e. The lowest BCUT2D eigenvalue weighted by Crippen LogP contribution is -2.39. The highest BCUT2D eigenvalue weighted by Crippen LogP contribution is 2.24. The van der Waals surface area contributed by atoms with E-state index in [-0.39, 0.29) is 5.97 Å². The highest BCUT2D eigenvalue weighted by Gasteiger charge is 2.31. The first-order valence-corrected chi connectivity index (χ1v) is 10.3. The van der Waals surface area contributed by atoms with Crippen molar-refractivity contribution in [3.8, 4) is 5.75 Å². The number of para-hydroxylation sites is 1. The minimum atomic E-state index is -1.02. The molecule has 0 spiro atoms. The van der Waals surface area contributed by atoms with Gasteiger partial charge in [0.2, 0.25) is 0 Å². The minimum Gasteiger partial charge on any atom is -0.476 e. The number of nitrogens with zero attached hydrogens (tertiary/aromatic N) is 2. The molecule has 0 aliphatic rings. The van der Waals surface area contributed by atoms with Gasteiger partial charge in [0.1, 0.15) is 11.6 Å². The average Bonchev–Trinajstić information content (AvgIpc) is 3.02. The molecule has 29 heavy (non-hydrogen) atoms. The summed E-state index contributed by atoms with van der Waals surface area (Å²) in [6.45, 7) is 10.6. The molecule has 1 aromatic heterocycles. The van der Waals surface area contributed by atoms with Gasteiger partial charge in [-0.3, -0.25) is 0 Å². The Morgan fingerprint density at radius 1 is 1.10 bits per heavy atom. The van der Waals surface area contributed by atoms with Crippen LogP contribution in [-0.4, -0.2) is 27.7 Å². The van der Waals surface area contributed by atoms with Crippen molar-refractivity contribution in [2.24, 2.45) is 0 Å². The highest BCUT2D eigenvalue weighted by molar-refractivity contribution is 5.80. The van der Waals surface area contributed by atoms with Crippen LogP contribution in [0, 0.1) is 6.92 Å². The van der Waals surface area contributed by atoms with Crippen molar-refractivity contribution in [1.29, 1.82) is 0 Å². The third kappa shape index (κ3) is 4.61. The molecule has 2 aromatic carbocycles. The summed E-state index contributed by atoms with van der Waals surface area (Å²) in [7, 11) is 0. The number of carbonyl (C=O) groups excluding carboxylic acids is 1. The lowest BCUT2D eigenvalue weighted by Gasteiger charge is -2.24. The maximum absolute atomic E-state index is 12.0. The first kappa shape index (κ1) is 20.9. The summed E-state index contributed by atoms with van der Waals surface area (Å²) in [5.74, 6) is 1.39. The maximum atomic E-state index is 12.0. The van der Waals surface area contributed by atoms with Gasteiger partial charge < -0.3 is 14.0 Å². The molecular formula is C24H30N2O3. The molecule has 0 unspecified atom stereocenters. The van der Waals surface area contributed by atoms with E-state index in [1.54, 1.807) is 20.8 Å². The summed E-state index contributed by atoms with van der Waals surface area (Å²) in [5, 5.41) is 0. The lowest BCUT2D eigenvalue weighted by atomic mass is 10.1. The molecule has 0 aliphatic heterocycles. The monoisotopic (exact) mass is 394 g/mol. The van der Waals surface area contributed by atoms with E-state index in [2.05, 4.69) is 36.6 Å². The largest absolute Gasteiger partial charge is 0.476 e. The number of ether oxygens (including phenoxy) is 2. The standard InChI is InChI=1S/C24H30N2O3/c1-6-9-21-25-22-17(3)10-8-11-20(22)26(21)16-18-12-14-19(15-13-18)29-24(4,5)23(27)28-7-2/h8,10-15H,6-7,9,16H2,1-5H3. The Hall–Kier alpha value is -2.82. The van der Waals surface area contributed by atoms with Crippen molar-refractivity contribution in [3.63, 3.8) is 0 Å². The Labute approximate surface area is 172 Å². The van der Waals surface area contributed by atoms with Crippen LogP contribution in [-0.2, 0) is 22.5 Å². The van der Waals surface area contributed by atoms with Crippen molar-refractivity contribution in [2.45, 2.75) is 59.6 Å². The fourth-order valence-electron chi connectivity index (χ4n) is 3.41. The van der Waals surface area contributed by atoms with Crippen LogP contribution < -0.4 is 4.74 Å². The van der Waals surface area contributed by atoms with Crippen LogP contribution in [0.25, 0.3) is 11.0 Å². The molecule has 0 fully saturated rings. The number of hydrogen-bond acceptors (Lipinski definition) is 4. The predicted octanol–water partition coefficient (Wildman–Crippen LogP) is 5.07. The van der Waals surface area contributed by atoms with E-state index in [1.807, 2.05) is 24.3 Å². The van der Waals surface area contributed by atoms with Gasteiger partial charge in [0.05, 0.1) is 17.6 Å². The zero-order valence-electron chi connectivity index (χ0n) is 18.0. The number of esters is 1. The zero-order chi connectivity index (χ0) is 21.0. The molecule has 154 valence electrons. The van der Waals surface area contributed by atoms with E-state index in [0.29, 0.717) is 12.4 Å². The van der Waals surface area contributed by atoms with Gasteiger partial charge in [-0.15, -0.1) is 0 Å². The number of hydrogen-bond donors (Lipinski definition) is 0. The third-order valence-corrected chi connectivity index (χ3v) is 4.94. The van der Waals surface area contributed by atoms with Gasteiger partial charge in [-0.1, -0.05) is 31.2 Å². The Morgan fingerprint density at radius 3 is 2.48 bits per heavy atom. The Balaban J connectivity index is 1.82. The van der Waals surface area contributed by atoms with Gasteiger partial charge in [-0.25, -0.2) is 9.78 Å². The molecule has 3 rings (SSSR count). The molecule has 0 amide bonds. The SMILES string of the molecule is CCCc1nc2c(C)cccc2n1Cc1ccc(OC(C)(C)C(=O)OCC)cc1. The molecule has 3 aromatic rings. The second-order valence-electron chi connectivity index (χ2n) is 7.78. The summed E-state index contributed by atoms with van der Waals surface area (Å²) in [6, 6.07) is 14.2. The number of aryl methyl sites for hydroxylation is 2. The number of carbonyl (C=O) groups is 1. The molecule has 5 heteroatoms. The van der Waals surface area contributed by atoms with Crippen LogP contribution >= 0.6 is 0 Å². The first-order chi connectivity index (χ1) is 13.9. The summed E-state index contributed by atoms with van der Waals surface area (Å²) >= 11 is 0. The van der Waals surface area contributed by atoms with E-state index in [0.717, 1.165) is 41.8 Å². The maximum Gasteiger partial charge on any atom is 0.349 e. The van der Waals surface area contributed by atoms with Crippen LogP contribution in [0.2, 0.25) is 0 Å². The molecule has 1 heterocycles. The molecule has 5 nitrogen and oxygen atoms in total. The number of rotatable bonds is 8. The van der Waals surface area contributed by atoms with Gasteiger partial charge in [0.25, 0.3) is 0 Å². The summed E-state index contributed by atoms with van der Waals surface area (Å²) in [5.41, 5.74) is 3.57. The van der Waals surface area contributed by atoms with Crippen LogP contribution in [0.5, 0.6) is 5.75 Å². The number of benzene rings is 2. The topological polar surface area (TPSA) is 53.4 Å². The predicted molar refractivity (Wildman–Crippen MR) is 115 cm³/mol. The van der Waals surface area contributed by atoms with E-state index >= 15 is 0 Å². The fourth-order valence-corrected chi connectivity index (χ4v) is 3.41. The quantitative estimate of drug-likeness (QED) is 0.501. The zero-order valence-corrected chi connectivity index (χ0v) is 18.0. The van der Waals surface area contributed by atoms with Gasteiger partial charge in [0, 0.05) is 13.0 Å². The van der Waals surface area contributed by atoms with E-state index < -0.39 is 5.60 Å². The van der Waals surface area contributed by atoms with Crippen molar-refractivity contribution in [2.75, 3.05) is 6.61 Å². The highest BCUT2D eigenvalue weighted by atomic mass is 16.6. The van der Waals surface area contributed by atoms with Gasteiger partial charge >= 0.3 is 5.97 Å².